The van der Waals surface area contributed by atoms with Gasteiger partial charge in [-0.2, -0.15) is 8.78 Å². The van der Waals surface area contributed by atoms with Crippen molar-refractivity contribution >= 4 is 68.7 Å². The predicted octanol–water partition coefficient (Wildman–Crippen LogP) is 5.82. The lowest BCUT2D eigenvalue weighted by atomic mass is 10.0. The number of rotatable bonds is 36. The van der Waals surface area contributed by atoms with E-state index in [0.717, 1.165) is 18.9 Å². The van der Waals surface area contributed by atoms with Crippen LogP contribution < -0.4 is 32.7 Å². The van der Waals surface area contributed by atoms with Crippen LogP contribution in [-0.2, 0) is 77.6 Å². The Labute approximate surface area is 502 Å². The Morgan fingerprint density at radius 3 is 1.99 bits per heavy atom. The molecule has 0 aromatic heterocycles. The van der Waals surface area contributed by atoms with Crippen molar-refractivity contribution in [1.82, 2.24) is 20.9 Å². The van der Waals surface area contributed by atoms with Gasteiger partial charge in [-0.1, -0.05) is 99.5 Å². The molecule has 0 bridgehead atoms. The third-order valence-electron chi connectivity index (χ3n) is 13.6. The number of guanidine groups is 1. The Hall–Kier alpha value is -7.32. The highest BCUT2D eigenvalue weighted by molar-refractivity contribution is 7.72. The normalized spacial score (nSPS) is 14.8. The largest absolute Gasteiger partial charge is 0.466 e. The van der Waals surface area contributed by atoms with Crippen molar-refractivity contribution in [1.29, 1.82) is 0 Å². The molecule has 480 valence electrons. The molecule has 13 N–H and O–H groups in total. The minimum absolute atomic E-state index is 0.0460. The molecule has 4 rings (SSSR count). The van der Waals surface area contributed by atoms with Gasteiger partial charge in [0, 0.05) is 50.1 Å². The van der Waals surface area contributed by atoms with E-state index in [0.29, 0.717) is 55.5 Å². The standard InChI is InChI=1S/C57H80F2N8O18P2/c1-4-82-49(69)17-10-5-6-11-33-67-44(27-29-48(67)68)26-28-47(57(58,59)42-14-8-7-9-15-42)85-50(70)35-39-18-20-40(21-19-39)37-84-55(74)66-46(34-38(2)3)52(72)65-45(16-12-31-62-53(60)61)51(71)64-43-24-22-41(23-25-43)36-83-54(73)63-32-13-30-56(75,86(76,77)78)87(79,80)81/h7-9,14-15,18-26,28,38,44-47,75H,4-6,10-13,16-17,27,29-37H2,1-3H3,(H,63,73)(H,64,71)(H,65,72)(H,66,74)(H4,60,61,62)(H2,76,77,78)(H2,79,80,81)/b28-26+/t44-,45-,46-,47+/m0/s1. The average molecular weight is 1270 g/mol. The van der Waals surface area contributed by atoms with Crippen LogP contribution >= 0.6 is 15.2 Å². The minimum atomic E-state index is -5.66. The molecule has 0 unspecified atom stereocenters. The summed E-state index contributed by atoms with van der Waals surface area (Å²) in [5, 5.41) is 16.5. The SMILES string of the molecule is CCOC(=O)CCCCCCN1C(=O)CC[C@@H]1/C=C/[C@@H](OC(=O)Cc1ccc(COC(=O)N[C@@H](CC(C)C)C(=O)N[C@@H](CCCN=C(N)N)C(=O)Nc2ccc(COC(=O)NCCCC(O)(P(=O)(O)O)P(=O)(O)O)cc2)cc1)C(F)(F)c1ccccc1. The molecular formula is C57H80F2N8O18P2. The van der Waals surface area contributed by atoms with E-state index in [1.807, 2.05) is 13.8 Å². The number of hydrogen-bond donors (Lipinski definition) is 11. The van der Waals surface area contributed by atoms with E-state index < -0.39 is 99.7 Å². The summed E-state index contributed by atoms with van der Waals surface area (Å²) in [5.74, 6) is -6.68. The van der Waals surface area contributed by atoms with Gasteiger partial charge in [-0.15, -0.1) is 0 Å². The van der Waals surface area contributed by atoms with Crippen molar-refractivity contribution in [3.05, 3.63) is 113 Å². The van der Waals surface area contributed by atoms with Crippen molar-refractivity contribution in [3.63, 3.8) is 0 Å². The number of esters is 2. The second-order valence-corrected chi connectivity index (χ2v) is 25.0. The fraction of sp³-hybridized carbons (Fsp3) is 0.509. The fourth-order valence-electron chi connectivity index (χ4n) is 8.95. The van der Waals surface area contributed by atoms with E-state index in [4.69, 9.17) is 30.4 Å². The molecule has 5 amide bonds. The Kier molecular flexibility index (Phi) is 28.9. The Morgan fingerprint density at radius 1 is 0.770 bits per heavy atom. The van der Waals surface area contributed by atoms with Gasteiger partial charge in [0.2, 0.25) is 17.7 Å². The fourth-order valence-corrected chi connectivity index (χ4v) is 11.2. The number of nitrogens with one attached hydrogen (secondary N) is 4. The smallest absolute Gasteiger partial charge is 0.408 e. The third-order valence-corrected chi connectivity index (χ3v) is 17.5. The number of hydrogen-bond acceptors (Lipinski definition) is 15. The van der Waals surface area contributed by atoms with E-state index in [-0.39, 0.29) is 87.0 Å². The number of nitrogens with zero attached hydrogens (tertiary/aromatic N) is 2. The topological polar surface area (TPSA) is 407 Å². The number of anilines is 1. The molecule has 0 saturated carbocycles. The van der Waals surface area contributed by atoms with Gasteiger partial charge in [0.1, 0.15) is 25.3 Å². The van der Waals surface area contributed by atoms with Crippen LogP contribution in [0.25, 0.3) is 0 Å². The number of unbranched alkanes of at least 4 members (excludes halogenated alkanes) is 3. The number of carbonyl (C=O) groups excluding carboxylic acids is 7. The van der Waals surface area contributed by atoms with Crippen molar-refractivity contribution in [2.24, 2.45) is 22.4 Å². The molecule has 4 atom stereocenters. The van der Waals surface area contributed by atoms with Gasteiger partial charge in [-0.3, -0.25) is 38.1 Å². The number of ether oxygens (including phenoxy) is 4. The Balaban J connectivity index is 1.32. The number of benzene rings is 3. The zero-order chi connectivity index (χ0) is 64.4. The second kappa shape index (κ2) is 34.9. The minimum Gasteiger partial charge on any atom is -0.466 e. The summed E-state index contributed by atoms with van der Waals surface area (Å²) in [6, 6.07) is 16.2. The van der Waals surface area contributed by atoms with Crippen molar-refractivity contribution in [2.45, 2.75) is 153 Å². The first-order valence-electron chi connectivity index (χ1n) is 28.3. The zero-order valence-corrected chi connectivity index (χ0v) is 50.5. The molecular weight excluding hydrogens is 1180 g/mol. The number of alkyl carbamates (subject to hydrolysis) is 2. The molecule has 0 spiro atoms. The molecule has 1 heterocycles. The summed E-state index contributed by atoms with van der Waals surface area (Å²) in [4.78, 5) is 134. The second-order valence-electron chi connectivity index (χ2n) is 21.0. The van der Waals surface area contributed by atoms with E-state index in [9.17, 15) is 67.4 Å². The summed E-state index contributed by atoms with van der Waals surface area (Å²) < 4.78 is 76.4. The highest BCUT2D eigenvalue weighted by Crippen LogP contribution is 2.69. The molecule has 1 fully saturated rings. The van der Waals surface area contributed by atoms with Crippen LogP contribution in [0.3, 0.4) is 0 Å². The number of aliphatic imine (C=N–C) groups is 1. The van der Waals surface area contributed by atoms with Gasteiger partial charge in [0.25, 0.3) is 5.08 Å². The monoisotopic (exact) mass is 1260 g/mol. The number of alkyl halides is 2. The average Bonchev–Trinajstić information content (AvgIpc) is 2.03. The maximum atomic E-state index is 16.2. The number of amides is 5. The van der Waals surface area contributed by atoms with Crippen LogP contribution in [0, 0.1) is 5.92 Å². The zero-order valence-electron chi connectivity index (χ0n) is 48.7. The summed E-state index contributed by atoms with van der Waals surface area (Å²) in [6.07, 6.45) is 0.893. The first-order valence-corrected chi connectivity index (χ1v) is 31.5. The first kappa shape index (κ1) is 72.2. The Morgan fingerprint density at radius 2 is 1.38 bits per heavy atom. The maximum absolute atomic E-state index is 16.2. The van der Waals surface area contributed by atoms with Crippen molar-refractivity contribution in [3.8, 4) is 0 Å². The lowest BCUT2D eigenvalue weighted by Gasteiger charge is -2.29. The van der Waals surface area contributed by atoms with Gasteiger partial charge in [-0.25, -0.2) is 9.59 Å². The van der Waals surface area contributed by atoms with Crippen LogP contribution in [-0.4, -0.2) is 133 Å². The number of halogens is 2. The van der Waals surface area contributed by atoms with Crippen LogP contribution in [0.5, 0.6) is 0 Å². The molecule has 0 radical (unpaired) electrons. The number of aliphatic hydroxyl groups is 1. The lowest BCUT2D eigenvalue weighted by molar-refractivity contribution is -0.167. The first-order chi connectivity index (χ1) is 41.0. The summed E-state index contributed by atoms with van der Waals surface area (Å²) in [6.45, 7) is 5.23. The van der Waals surface area contributed by atoms with Gasteiger partial charge in [0.15, 0.2) is 12.1 Å². The molecule has 3 aromatic rings. The van der Waals surface area contributed by atoms with E-state index in [1.165, 1.54) is 66.7 Å². The lowest BCUT2D eigenvalue weighted by Crippen LogP contribution is -2.53. The summed E-state index contributed by atoms with van der Waals surface area (Å²) >= 11 is 0. The number of carbonyl (C=O) groups is 7. The van der Waals surface area contributed by atoms with E-state index >= 15 is 8.78 Å². The number of nitrogens with two attached hydrogens (primary N) is 2. The highest BCUT2D eigenvalue weighted by atomic mass is 31.2. The quantitative estimate of drug-likeness (QED) is 0.00621. The van der Waals surface area contributed by atoms with Gasteiger partial charge >= 0.3 is 45.2 Å². The molecule has 30 heteroatoms. The van der Waals surface area contributed by atoms with Gasteiger partial charge in [-0.05, 0) is 92.7 Å². The molecule has 3 aromatic carbocycles. The van der Waals surface area contributed by atoms with E-state index in [1.54, 1.807) is 30.0 Å². The van der Waals surface area contributed by atoms with Crippen LogP contribution in [0.4, 0.5) is 24.1 Å². The third kappa shape index (κ3) is 24.4. The molecule has 87 heavy (non-hydrogen) atoms. The predicted molar refractivity (Wildman–Crippen MR) is 314 cm³/mol. The summed E-state index contributed by atoms with van der Waals surface area (Å²) in [7, 11) is -11.3. The molecule has 1 aliphatic rings. The van der Waals surface area contributed by atoms with E-state index in [2.05, 4.69) is 26.3 Å². The summed E-state index contributed by atoms with van der Waals surface area (Å²) in [5.41, 5.74) is 12.1. The van der Waals surface area contributed by atoms with Gasteiger partial charge < -0.3 is 81.3 Å². The van der Waals surface area contributed by atoms with Crippen LogP contribution in [0.2, 0.25) is 0 Å². The highest BCUT2D eigenvalue weighted by Gasteiger charge is 2.58. The molecule has 1 saturated heterocycles. The number of likely N-dealkylation sites (tertiary alicyclic amines) is 1. The van der Waals surface area contributed by atoms with Gasteiger partial charge in [0.05, 0.1) is 19.1 Å². The van der Waals surface area contributed by atoms with Crippen molar-refractivity contribution < 1.29 is 95.1 Å². The molecule has 1 aliphatic heterocycles. The Bertz CT molecular complexity index is 2890. The van der Waals surface area contributed by atoms with Crippen LogP contribution in [0.15, 0.2) is 96.0 Å². The molecule has 0 aliphatic carbocycles. The maximum Gasteiger partial charge on any atom is 0.408 e. The van der Waals surface area contributed by atoms with Crippen molar-refractivity contribution in [2.75, 3.05) is 31.6 Å². The van der Waals surface area contributed by atoms with Crippen LogP contribution in [0.1, 0.15) is 120 Å². The molecule has 26 nitrogen and oxygen atoms in total.